The van der Waals surface area contributed by atoms with Crippen LogP contribution in [0.15, 0.2) is 18.2 Å². The Kier molecular flexibility index (Phi) is 4.37. The number of carbonyl (C=O) groups excluding carboxylic acids is 1. The van der Waals surface area contributed by atoms with Gasteiger partial charge in [-0.3, -0.25) is 4.79 Å². The topological polar surface area (TPSA) is 58.6 Å². The summed E-state index contributed by atoms with van der Waals surface area (Å²) in [5, 5.41) is 12.8. The summed E-state index contributed by atoms with van der Waals surface area (Å²) in [6.45, 7) is 0. The molecular formula is C14H18FNO3. The van der Waals surface area contributed by atoms with Gasteiger partial charge in [0.05, 0.1) is 13.2 Å². The lowest BCUT2D eigenvalue weighted by atomic mass is 10.0. The maximum atomic E-state index is 13.5. The first-order chi connectivity index (χ1) is 9.10. The number of benzene rings is 1. The molecule has 1 fully saturated rings. The molecule has 1 aliphatic rings. The van der Waals surface area contributed by atoms with Crippen molar-refractivity contribution in [2.75, 3.05) is 7.11 Å². The standard InChI is InChI=1S/C14H18FNO3/c1-19-13-6-2-9(8-11(13)15)12(17)5-7-14(18)16-10-3-4-10/h2,6,8,10,12,17H,3-5,7H2,1H3,(H,16,18). The largest absolute Gasteiger partial charge is 0.494 e. The highest BCUT2D eigenvalue weighted by molar-refractivity contribution is 5.76. The Bertz CT molecular complexity index is 460. The van der Waals surface area contributed by atoms with Gasteiger partial charge in [0.2, 0.25) is 5.91 Å². The highest BCUT2D eigenvalue weighted by Gasteiger charge is 2.23. The number of nitrogens with one attached hydrogen (secondary N) is 1. The fraction of sp³-hybridized carbons (Fsp3) is 0.500. The molecular weight excluding hydrogens is 249 g/mol. The van der Waals surface area contributed by atoms with Crippen LogP contribution >= 0.6 is 0 Å². The minimum absolute atomic E-state index is 0.0597. The van der Waals surface area contributed by atoms with Crippen molar-refractivity contribution >= 4 is 5.91 Å². The summed E-state index contributed by atoms with van der Waals surface area (Å²) in [5.74, 6) is -0.431. The van der Waals surface area contributed by atoms with E-state index in [2.05, 4.69) is 5.32 Å². The molecule has 1 aromatic rings. The maximum Gasteiger partial charge on any atom is 0.220 e. The van der Waals surface area contributed by atoms with Gasteiger partial charge in [-0.25, -0.2) is 4.39 Å². The van der Waals surface area contributed by atoms with Crippen molar-refractivity contribution < 1.29 is 19.0 Å². The molecule has 1 atom stereocenters. The Morgan fingerprint density at radius 1 is 1.58 bits per heavy atom. The zero-order valence-electron chi connectivity index (χ0n) is 10.9. The minimum Gasteiger partial charge on any atom is -0.494 e. The van der Waals surface area contributed by atoms with Gasteiger partial charge in [-0.15, -0.1) is 0 Å². The smallest absolute Gasteiger partial charge is 0.220 e. The van der Waals surface area contributed by atoms with Gasteiger partial charge in [-0.1, -0.05) is 6.07 Å². The van der Waals surface area contributed by atoms with Crippen LogP contribution in [0.4, 0.5) is 4.39 Å². The highest BCUT2D eigenvalue weighted by atomic mass is 19.1. The first-order valence-electron chi connectivity index (χ1n) is 6.41. The molecule has 0 radical (unpaired) electrons. The molecule has 1 unspecified atom stereocenters. The predicted molar refractivity (Wildman–Crippen MR) is 68.3 cm³/mol. The van der Waals surface area contributed by atoms with Gasteiger partial charge in [0.25, 0.3) is 0 Å². The number of hydrogen-bond donors (Lipinski definition) is 2. The number of aliphatic hydroxyl groups is 1. The minimum atomic E-state index is -0.842. The van der Waals surface area contributed by atoms with E-state index in [1.165, 1.54) is 19.2 Å². The van der Waals surface area contributed by atoms with Crippen LogP contribution in [0, 0.1) is 5.82 Å². The molecule has 2 rings (SSSR count). The number of ether oxygens (including phenoxy) is 1. The quantitative estimate of drug-likeness (QED) is 0.828. The van der Waals surface area contributed by atoms with Gasteiger partial charge < -0.3 is 15.2 Å². The van der Waals surface area contributed by atoms with Gasteiger partial charge in [-0.05, 0) is 37.0 Å². The molecule has 104 valence electrons. The third-order valence-electron chi connectivity index (χ3n) is 3.15. The summed E-state index contributed by atoms with van der Waals surface area (Å²) >= 11 is 0. The van der Waals surface area contributed by atoms with Crippen molar-refractivity contribution in [3.63, 3.8) is 0 Å². The third kappa shape index (κ3) is 3.92. The Morgan fingerprint density at radius 2 is 2.32 bits per heavy atom. The molecule has 0 saturated heterocycles. The summed E-state index contributed by atoms with van der Waals surface area (Å²) in [5.41, 5.74) is 0.456. The van der Waals surface area contributed by atoms with E-state index in [1.54, 1.807) is 6.07 Å². The van der Waals surface area contributed by atoms with Crippen LogP contribution in [-0.4, -0.2) is 24.2 Å². The van der Waals surface area contributed by atoms with Gasteiger partial charge in [0.15, 0.2) is 11.6 Å². The molecule has 0 spiro atoms. The van der Waals surface area contributed by atoms with Gasteiger partial charge in [0, 0.05) is 12.5 Å². The van der Waals surface area contributed by atoms with Crippen molar-refractivity contribution in [1.29, 1.82) is 0 Å². The maximum absolute atomic E-state index is 13.5. The average Bonchev–Trinajstić information content (AvgIpc) is 3.19. The first-order valence-corrected chi connectivity index (χ1v) is 6.41. The van der Waals surface area contributed by atoms with E-state index in [0.29, 0.717) is 11.6 Å². The lowest BCUT2D eigenvalue weighted by molar-refractivity contribution is -0.121. The van der Waals surface area contributed by atoms with Crippen LogP contribution in [0.5, 0.6) is 5.75 Å². The second-order valence-electron chi connectivity index (χ2n) is 4.79. The van der Waals surface area contributed by atoms with Crippen molar-refractivity contribution in [1.82, 2.24) is 5.32 Å². The van der Waals surface area contributed by atoms with Crippen LogP contribution in [0.1, 0.15) is 37.4 Å². The van der Waals surface area contributed by atoms with E-state index in [4.69, 9.17) is 4.74 Å². The Balaban J connectivity index is 1.86. The Hall–Kier alpha value is -1.62. The molecule has 0 bridgehead atoms. The number of halogens is 1. The van der Waals surface area contributed by atoms with Crippen LogP contribution in [-0.2, 0) is 4.79 Å². The number of hydrogen-bond acceptors (Lipinski definition) is 3. The van der Waals surface area contributed by atoms with Crippen molar-refractivity contribution in [2.45, 2.75) is 37.8 Å². The molecule has 1 aliphatic carbocycles. The summed E-state index contributed by atoms with van der Waals surface area (Å²) < 4.78 is 18.3. The lowest BCUT2D eigenvalue weighted by Gasteiger charge is -2.12. The molecule has 2 N–H and O–H groups in total. The van der Waals surface area contributed by atoms with Crippen LogP contribution in [0.25, 0.3) is 0 Å². The fourth-order valence-corrected chi connectivity index (χ4v) is 1.85. The van der Waals surface area contributed by atoms with E-state index in [-0.39, 0.29) is 24.5 Å². The van der Waals surface area contributed by atoms with E-state index >= 15 is 0 Å². The molecule has 1 amide bonds. The summed E-state index contributed by atoms with van der Waals surface area (Å²) in [7, 11) is 1.39. The predicted octanol–water partition coefficient (Wildman–Crippen LogP) is 1.93. The number of methoxy groups -OCH3 is 1. The SMILES string of the molecule is COc1ccc(C(O)CCC(=O)NC2CC2)cc1F. The van der Waals surface area contributed by atoms with E-state index in [1.807, 2.05) is 0 Å². The first kappa shape index (κ1) is 13.8. The van der Waals surface area contributed by atoms with Crippen LogP contribution in [0.2, 0.25) is 0 Å². The fourth-order valence-electron chi connectivity index (χ4n) is 1.85. The second-order valence-corrected chi connectivity index (χ2v) is 4.79. The summed E-state index contributed by atoms with van der Waals surface area (Å²) in [6.07, 6.45) is 1.76. The van der Waals surface area contributed by atoms with Gasteiger partial charge in [0.1, 0.15) is 0 Å². The second kappa shape index (κ2) is 6.02. The van der Waals surface area contributed by atoms with E-state index in [0.717, 1.165) is 12.8 Å². The zero-order chi connectivity index (χ0) is 13.8. The van der Waals surface area contributed by atoms with Crippen LogP contribution in [0.3, 0.4) is 0 Å². The number of amides is 1. The molecule has 1 aromatic carbocycles. The van der Waals surface area contributed by atoms with Crippen molar-refractivity contribution in [3.05, 3.63) is 29.6 Å². The molecule has 1 saturated carbocycles. The number of aliphatic hydroxyl groups excluding tert-OH is 1. The molecule has 19 heavy (non-hydrogen) atoms. The van der Waals surface area contributed by atoms with Crippen molar-refractivity contribution in [2.24, 2.45) is 0 Å². The van der Waals surface area contributed by atoms with Crippen molar-refractivity contribution in [3.8, 4) is 5.75 Å². The monoisotopic (exact) mass is 267 g/mol. The Morgan fingerprint density at radius 3 is 2.89 bits per heavy atom. The molecule has 0 aliphatic heterocycles. The molecule has 0 aromatic heterocycles. The Labute approximate surface area is 111 Å². The lowest BCUT2D eigenvalue weighted by Crippen LogP contribution is -2.25. The zero-order valence-corrected chi connectivity index (χ0v) is 10.9. The van der Waals surface area contributed by atoms with E-state index in [9.17, 15) is 14.3 Å². The highest BCUT2D eigenvalue weighted by Crippen LogP contribution is 2.24. The summed E-state index contributed by atoms with van der Waals surface area (Å²) in [6, 6.07) is 4.63. The van der Waals surface area contributed by atoms with Gasteiger partial charge >= 0.3 is 0 Å². The van der Waals surface area contributed by atoms with E-state index < -0.39 is 11.9 Å². The number of rotatable bonds is 6. The van der Waals surface area contributed by atoms with Gasteiger partial charge in [-0.2, -0.15) is 0 Å². The average molecular weight is 267 g/mol. The summed E-state index contributed by atoms with van der Waals surface area (Å²) in [4.78, 5) is 11.5. The third-order valence-corrected chi connectivity index (χ3v) is 3.15. The van der Waals surface area contributed by atoms with Crippen LogP contribution < -0.4 is 10.1 Å². The normalized spacial score (nSPS) is 15.9. The molecule has 0 heterocycles. The number of carbonyl (C=O) groups is 1. The molecule has 5 heteroatoms. The molecule has 4 nitrogen and oxygen atoms in total.